The summed E-state index contributed by atoms with van der Waals surface area (Å²) in [5.74, 6) is -4.77. The lowest BCUT2D eigenvalue weighted by Crippen LogP contribution is -2.64. The van der Waals surface area contributed by atoms with E-state index < -0.39 is 103 Å². The van der Waals surface area contributed by atoms with E-state index >= 15 is 0 Å². The van der Waals surface area contributed by atoms with E-state index in [1.54, 1.807) is 27.7 Å². The van der Waals surface area contributed by atoms with Crippen molar-refractivity contribution in [3.63, 3.8) is 0 Å². The first kappa shape index (κ1) is 31.5. The Morgan fingerprint density at radius 3 is 1.85 bits per heavy atom. The molecule has 0 saturated carbocycles. The van der Waals surface area contributed by atoms with Gasteiger partial charge in [0.05, 0.1) is 6.61 Å². The maximum atomic E-state index is 12.2. The van der Waals surface area contributed by atoms with Gasteiger partial charge in [0, 0.05) is 27.7 Å². The average Bonchev–Trinajstić information content (AvgIpc) is 3.44. The van der Waals surface area contributed by atoms with Gasteiger partial charge in [0.2, 0.25) is 0 Å². The van der Waals surface area contributed by atoms with Gasteiger partial charge in [0.1, 0.15) is 37.1 Å². The zero-order valence-electron chi connectivity index (χ0n) is 24.3. The molecule has 10 atom stereocenters. The second kappa shape index (κ2) is 12.1. The summed E-state index contributed by atoms with van der Waals surface area (Å²) >= 11 is 0. The van der Waals surface area contributed by atoms with E-state index in [-0.39, 0.29) is 6.61 Å². The molecule has 41 heavy (non-hydrogen) atoms. The average molecular weight is 591 g/mol. The van der Waals surface area contributed by atoms with Crippen LogP contribution in [-0.2, 0) is 71.3 Å². The van der Waals surface area contributed by atoms with Crippen molar-refractivity contribution in [1.82, 2.24) is 0 Å². The van der Waals surface area contributed by atoms with Crippen LogP contribution in [0, 0.1) is 0 Å². The number of fused-ring (bicyclic) bond motifs is 1. The van der Waals surface area contributed by atoms with Crippen LogP contribution in [0.2, 0.25) is 0 Å². The van der Waals surface area contributed by atoms with Crippen molar-refractivity contribution in [3.05, 3.63) is 0 Å². The van der Waals surface area contributed by atoms with Gasteiger partial charge in [0.15, 0.2) is 42.5 Å². The van der Waals surface area contributed by atoms with Gasteiger partial charge in [-0.05, 0) is 27.7 Å². The van der Waals surface area contributed by atoms with Gasteiger partial charge in [-0.3, -0.25) is 19.2 Å². The molecule has 0 radical (unpaired) electrons. The van der Waals surface area contributed by atoms with Crippen molar-refractivity contribution in [2.45, 2.75) is 128 Å². The lowest BCUT2D eigenvalue weighted by atomic mass is 9.97. The number of hydrogen-bond acceptors (Lipinski definition) is 15. The maximum Gasteiger partial charge on any atom is 0.303 e. The highest BCUT2D eigenvalue weighted by atomic mass is 16.9. The molecule has 0 aliphatic carbocycles. The largest absolute Gasteiger partial charge is 0.463 e. The van der Waals surface area contributed by atoms with Gasteiger partial charge in [-0.1, -0.05) is 0 Å². The molecule has 0 amide bonds. The minimum atomic E-state index is -1.44. The fraction of sp³-hybridized carbons (Fsp3) is 0.846. The van der Waals surface area contributed by atoms with E-state index in [1.165, 1.54) is 6.92 Å². The van der Waals surface area contributed by atoms with Crippen LogP contribution < -0.4 is 0 Å². The SMILES string of the molecule is CC(=O)OC[C@H]1O[C@@H](O[C@@H]2[C@H]3OC(C)(C)O[C@H]3O[C@@H]2[C@H]2COC(C)(C)O2)[C@H](OC(C)=O)[C@@H](OC(C)=O)[C@@H]1OC(C)=O. The van der Waals surface area contributed by atoms with Gasteiger partial charge in [-0.2, -0.15) is 0 Å². The Morgan fingerprint density at radius 2 is 1.29 bits per heavy atom. The van der Waals surface area contributed by atoms with E-state index in [0.29, 0.717) is 0 Å². The number of carbonyl (C=O) groups is 4. The normalized spacial score (nSPS) is 39.0. The topological polar surface area (TPSA) is 170 Å². The minimum absolute atomic E-state index is 0.179. The lowest BCUT2D eigenvalue weighted by Gasteiger charge is -2.45. The summed E-state index contributed by atoms with van der Waals surface area (Å²) in [6, 6.07) is 0. The summed E-state index contributed by atoms with van der Waals surface area (Å²) in [7, 11) is 0. The van der Waals surface area contributed by atoms with Gasteiger partial charge in [-0.15, -0.1) is 0 Å². The van der Waals surface area contributed by atoms with Crippen molar-refractivity contribution in [1.29, 1.82) is 0 Å². The first-order chi connectivity index (χ1) is 19.0. The van der Waals surface area contributed by atoms with Crippen LogP contribution in [0.4, 0.5) is 0 Å². The highest BCUT2D eigenvalue weighted by Gasteiger charge is 2.61. The van der Waals surface area contributed by atoms with E-state index in [4.69, 9.17) is 52.1 Å². The van der Waals surface area contributed by atoms with Crippen LogP contribution in [0.15, 0.2) is 0 Å². The summed E-state index contributed by atoms with van der Waals surface area (Å²) in [5, 5.41) is 0. The molecule has 4 fully saturated rings. The molecule has 15 nitrogen and oxygen atoms in total. The van der Waals surface area contributed by atoms with Crippen molar-refractivity contribution < 1.29 is 71.3 Å². The van der Waals surface area contributed by atoms with Crippen LogP contribution in [0.25, 0.3) is 0 Å². The molecule has 4 aliphatic heterocycles. The zero-order chi connectivity index (χ0) is 30.3. The molecule has 15 heteroatoms. The molecule has 0 bridgehead atoms. The fourth-order valence-electron chi connectivity index (χ4n) is 5.29. The number of carbonyl (C=O) groups excluding carboxylic acids is 4. The molecule has 0 aromatic heterocycles. The van der Waals surface area contributed by atoms with Gasteiger partial charge in [0.25, 0.3) is 0 Å². The molecule has 4 aliphatic rings. The second-order valence-electron chi connectivity index (χ2n) is 11.1. The van der Waals surface area contributed by atoms with E-state index in [1.807, 2.05) is 0 Å². The molecule has 4 heterocycles. The molecule has 0 N–H and O–H groups in total. The van der Waals surface area contributed by atoms with Crippen LogP contribution in [0.1, 0.15) is 55.4 Å². The predicted molar refractivity (Wildman–Crippen MR) is 130 cm³/mol. The number of esters is 4. The Morgan fingerprint density at radius 1 is 0.683 bits per heavy atom. The molecule has 232 valence electrons. The molecule has 4 rings (SSSR count). The lowest BCUT2D eigenvalue weighted by molar-refractivity contribution is -0.329. The summed E-state index contributed by atoms with van der Waals surface area (Å²) in [6.45, 7) is 11.3. The third-order valence-electron chi connectivity index (χ3n) is 6.66. The monoisotopic (exact) mass is 590 g/mol. The number of hydrogen-bond donors (Lipinski definition) is 0. The van der Waals surface area contributed by atoms with E-state index in [2.05, 4.69) is 0 Å². The fourth-order valence-corrected chi connectivity index (χ4v) is 5.29. The smallest absolute Gasteiger partial charge is 0.303 e. The first-order valence-electron chi connectivity index (χ1n) is 13.3. The summed E-state index contributed by atoms with van der Waals surface area (Å²) < 4.78 is 64.1. The van der Waals surface area contributed by atoms with E-state index in [9.17, 15) is 19.2 Å². The van der Waals surface area contributed by atoms with Gasteiger partial charge < -0.3 is 52.1 Å². The molecule has 0 aromatic rings. The molecular formula is C26H38O15. The van der Waals surface area contributed by atoms with Gasteiger partial charge in [-0.25, -0.2) is 0 Å². The third-order valence-corrected chi connectivity index (χ3v) is 6.66. The Balaban J connectivity index is 1.69. The van der Waals surface area contributed by atoms with Crippen molar-refractivity contribution in [3.8, 4) is 0 Å². The summed E-state index contributed by atoms with van der Waals surface area (Å²) in [4.78, 5) is 48.0. The van der Waals surface area contributed by atoms with Crippen molar-refractivity contribution in [2.75, 3.05) is 13.2 Å². The van der Waals surface area contributed by atoms with Gasteiger partial charge >= 0.3 is 23.9 Å². The summed E-state index contributed by atoms with van der Waals surface area (Å²) in [6.07, 6.45) is -10.6. The van der Waals surface area contributed by atoms with Crippen LogP contribution in [-0.4, -0.2) is 110 Å². The quantitative estimate of drug-likeness (QED) is 0.282. The first-order valence-corrected chi connectivity index (χ1v) is 13.3. The Bertz CT molecular complexity index is 1010. The predicted octanol–water partition coefficient (Wildman–Crippen LogP) is 0.483. The molecule has 0 spiro atoms. The van der Waals surface area contributed by atoms with Crippen molar-refractivity contribution in [2.24, 2.45) is 0 Å². The molecule has 4 saturated heterocycles. The number of rotatable bonds is 8. The molecule has 0 aromatic carbocycles. The highest BCUT2D eigenvalue weighted by Crippen LogP contribution is 2.43. The van der Waals surface area contributed by atoms with Crippen LogP contribution in [0.3, 0.4) is 0 Å². The van der Waals surface area contributed by atoms with Crippen molar-refractivity contribution >= 4 is 23.9 Å². The zero-order valence-corrected chi connectivity index (χ0v) is 24.3. The highest BCUT2D eigenvalue weighted by molar-refractivity contribution is 5.68. The summed E-state index contributed by atoms with van der Waals surface area (Å²) in [5.41, 5.74) is 0. The molecule has 0 unspecified atom stereocenters. The minimum Gasteiger partial charge on any atom is -0.463 e. The standard InChI is InChI=1S/C26H38O15/c1-11(27)31-9-15-17(33-12(2)28)19(34-13(3)29)21(35-14(4)30)23(36-15)38-20-18(16-10-32-25(5,6)39-16)37-24-22(20)40-26(7,8)41-24/h15-24H,9-10H2,1-8H3/t15-,16-,17-,18-,19+,20+,21-,22-,23+,24-/m1/s1. The van der Waals surface area contributed by atoms with Crippen LogP contribution >= 0.6 is 0 Å². The maximum absolute atomic E-state index is 12.2. The van der Waals surface area contributed by atoms with Crippen LogP contribution in [0.5, 0.6) is 0 Å². The number of ether oxygens (including phenoxy) is 11. The molecular weight excluding hydrogens is 552 g/mol. The Labute approximate surface area is 237 Å². The third kappa shape index (κ3) is 7.52. The Hall–Kier alpha value is -2.40. The Kier molecular flexibility index (Phi) is 9.28. The second-order valence-corrected chi connectivity index (χ2v) is 11.1. The van der Waals surface area contributed by atoms with E-state index in [0.717, 1.165) is 20.8 Å².